The Labute approximate surface area is 233 Å². The number of ether oxygens (including phenoxy) is 1. The van der Waals surface area contributed by atoms with Crippen molar-refractivity contribution in [1.82, 2.24) is 9.97 Å². The summed E-state index contributed by atoms with van der Waals surface area (Å²) in [6.07, 6.45) is 12.8. The predicted molar refractivity (Wildman–Crippen MR) is 161 cm³/mol. The minimum Gasteiger partial charge on any atom is -0.487 e. The molecule has 0 radical (unpaired) electrons. The third-order valence-electron chi connectivity index (χ3n) is 7.65. The number of benzene rings is 2. The number of anilines is 2. The minimum absolute atomic E-state index is 0.0287. The van der Waals surface area contributed by atoms with Crippen LogP contribution in [0.15, 0.2) is 42.6 Å². The van der Waals surface area contributed by atoms with Crippen molar-refractivity contribution in [3.05, 3.63) is 53.7 Å². The topological polar surface area (TPSA) is 90.4 Å². The highest BCUT2D eigenvalue weighted by Gasteiger charge is 2.40. The molecule has 1 aliphatic carbocycles. The first-order chi connectivity index (χ1) is 18.2. The van der Waals surface area contributed by atoms with Gasteiger partial charge in [-0.2, -0.15) is 0 Å². The molecule has 1 N–H and O–H groups in total. The zero-order valence-corrected chi connectivity index (χ0v) is 25.6. The molecule has 2 aromatic carbocycles. The number of sulfone groups is 1. The molecule has 0 saturated heterocycles. The van der Waals surface area contributed by atoms with Crippen LogP contribution in [0.3, 0.4) is 0 Å². The molecule has 1 fully saturated rings. The van der Waals surface area contributed by atoms with Crippen molar-refractivity contribution < 1.29 is 17.6 Å². The van der Waals surface area contributed by atoms with Crippen LogP contribution in [-0.2, 0) is 20.0 Å². The third kappa shape index (κ3) is 7.38. The van der Waals surface area contributed by atoms with Crippen molar-refractivity contribution in [2.45, 2.75) is 82.5 Å². The molecular weight excluding hydrogens is 527 g/mol. The van der Waals surface area contributed by atoms with Crippen LogP contribution in [0.5, 0.6) is 5.75 Å². The lowest BCUT2D eigenvalue weighted by molar-refractivity contribution is 0.0731. The highest BCUT2D eigenvalue weighted by Crippen LogP contribution is 2.40. The summed E-state index contributed by atoms with van der Waals surface area (Å²) in [5.74, 6) is 3.69. The Morgan fingerprint density at radius 3 is 2.44 bits per heavy atom. The van der Waals surface area contributed by atoms with Crippen molar-refractivity contribution in [1.29, 1.82) is 0 Å². The van der Waals surface area contributed by atoms with Gasteiger partial charge in [0, 0.05) is 29.6 Å². The van der Waals surface area contributed by atoms with Gasteiger partial charge in [0.05, 0.1) is 17.4 Å². The Kier molecular flexibility index (Phi) is 8.40. The summed E-state index contributed by atoms with van der Waals surface area (Å²) < 4.78 is 36.6. The number of hydrogen-bond donors (Lipinski definition) is 1. The average Bonchev–Trinajstić information content (AvgIpc) is 2.84. The second-order valence-corrected chi connectivity index (χ2v) is 18.9. The van der Waals surface area contributed by atoms with Crippen molar-refractivity contribution in [3.63, 3.8) is 0 Å². The molecule has 0 amide bonds. The van der Waals surface area contributed by atoms with Gasteiger partial charge >= 0.3 is 0 Å². The molecule has 1 saturated carbocycles. The van der Waals surface area contributed by atoms with Gasteiger partial charge in [-0.3, -0.25) is 0 Å². The molecule has 0 spiro atoms. The molecular formula is C30H39N3O4SSi. The number of fused-ring (bicyclic) bond motifs is 1. The fraction of sp³-hybridized carbons (Fsp3) is 0.467. The fourth-order valence-electron chi connectivity index (χ4n) is 4.56. The van der Waals surface area contributed by atoms with E-state index in [2.05, 4.69) is 50.1 Å². The molecule has 0 unspecified atom stereocenters. The summed E-state index contributed by atoms with van der Waals surface area (Å²) in [5.41, 5.74) is 2.69. The number of nitrogens with zero attached hydrogens (tertiary/aromatic N) is 2. The first kappa shape index (κ1) is 29.1. The van der Waals surface area contributed by atoms with Crippen molar-refractivity contribution in [3.8, 4) is 18.1 Å². The number of nitrogens with one attached hydrogen (secondary N) is 1. The first-order valence-corrected chi connectivity index (χ1v) is 18.4. The summed E-state index contributed by atoms with van der Waals surface area (Å²) in [6, 6.07) is 11.0. The Morgan fingerprint density at radius 1 is 1.10 bits per heavy atom. The smallest absolute Gasteiger partial charge is 0.227 e. The van der Waals surface area contributed by atoms with E-state index >= 15 is 0 Å². The molecule has 4 rings (SSSR count). The zero-order valence-electron chi connectivity index (χ0n) is 23.7. The minimum atomic E-state index is -3.14. The SMILES string of the molecule is C#Cc1ccc2cnc(Nc3cccc(CS(C)(=O)=O)c3)nc2c1OC1CCC(O[Si](C)(C)C(C)(C)C)CC1. The van der Waals surface area contributed by atoms with Crippen LogP contribution in [0, 0.1) is 12.3 Å². The van der Waals surface area contributed by atoms with Crippen molar-refractivity contribution in [2.24, 2.45) is 0 Å². The van der Waals surface area contributed by atoms with Gasteiger partial charge in [0.25, 0.3) is 0 Å². The number of aromatic nitrogens is 2. The molecule has 1 heterocycles. The Bertz CT molecular complexity index is 1480. The van der Waals surface area contributed by atoms with Gasteiger partial charge in [0.15, 0.2) is 23.9 Å². The van der Waals surface area contributed by atoms with Crippen LogP contribution in [0.25, 0.3) is 10.9 Å². The third-order valence-corrected chi connectivity index (χ3v) is 13.0. The molecule has 9 heteroatoms. The predicted octanol–water partition coefficient (Wildman–Crippen LogP) is 6.61. The summed E-state index contributed by atoms with van der Waals surface area (Å²) in [4.78, 5) is 9.21. The highest BCUT2D eigenvalue weighted by molar-refractivity contribution is 7.89. The van der Waals surface area contributed by atoms with Gasteiger partial charge in [-0.25, -0.2) is 18.4 Å². The van der Waals surface area contributed by atoms with E-state index in [0.29, 0.717) is 34.0 Å². The van der Waals surface area contributed by atoms with Gasteiger partial charge in [-0.1, -0.05) is 38.8 Å². The largest absolute Gasteiger partial charge is 0.487 e. The molecule has 1 aromatic heterocycles. The monoisotopic (exact) mass is 565 g/mol. The number of hydrogen-bond acceptors (Lipinski definition) is 7. The summed E-state index contributed by atoms with van der Waals surface area (Å²) in [5, 5.41) is 4.21. The summed E-state index contributed by atoms with van der Waals surface area (Å²) in [6.45, 7) is 11.4. The van der Waals surface area contributed by atoms with Gasteiger partial charge in [0.2, 0.25) is 5.95 Å². The maximum Gasteiger partial charge on any atom is 0.227 e. The maximum atomic E-state index is 11.7. The molecule has 1 aliphatic rings. The zero-order chi connectivity index (χ0) is 28.4. The van der Waals surface area contributed by atoms with E-state index < -0.39 is 18.2 Å². The standard InChI is InChI=1S/C30H39N3O4SSi/c1-8-22-12-13-23-19-31-29(32-24-11-9-10-21(18-24)20-38(5,34)35)33-27(23)28(22)36-25-14-16-26(17-15-25)37-39(6,7)30(2,3)4/h1,9-13,18-19,25-26H,14-17,20H2,2-7H3,(H,31,32,33). The lowest BCUT2D eigenvalue weighted by atomic mass is 9.95. The van der Waals surface area contributed by atoms with E-state index in [9.17, 15) is 8.42 Å². The summed E-state index contributed by atoms with van der Waals surface area (Å²) >= 11 is 0. The Morgan fingerprint density at radius 2 is 1.79 bits per heavy atom. The summed E-state index contributed by atoms with van der Waals surface area (Å²) in [7, 11) is -4.96. The van der Waals surface area contributed by atoms with E-state index in [1.54, 1.807) is 24.4 Å². The molecule has 0 atom stereocenters. The number of terminal acetylenes is 1. The van der Waals surface area contributed by atoms with Gasteiger partial charge in [0.1, 0.15) is 5.52 Å². The molecule has 39 heavy (non-hydrogen) atoms. The van der Waals surface area contributed by atoms with Gasteiger partial charge in [-0.05, 0) is 73.6 Å². The fourth-order valence-corrected chi connectivity index (χ4v) is 6.77. The van der Waals surface area contributed by atoms with Crippen molar-refractivity contribution in [2.75, 3.05) is 11.6 Å². The molecule has 208 valence electrons. The molecule has 0 aliphatic heterocycles. The van der Waals surface area contributed by atoms with E-state index in [1.807, 2.05) is 18.2 Å². The van der Waals surface area contributed by atoms with E-state index in [-0.39, 0.29) is 23.0 Å². The second kappa shape index (κ2) is 11.3. The quantitative estimate of drug-likeness (QED) is 0.243. The van der Waals surface area contributed by atoms with Crippen LogP contribution in [0.2, 0.25) is 18.1 Å². The average molecular weight is 566 g/mol. The van der Waals surface area contributed by atoms with Crippen LogP contribution < -0.4 is 10.1 Å². The molecule has 0 bridgehead atoms. The Balaban J connectivity index is 1.52. The van der Waals surface area contributed by atoms with E-state index in [0.717, 1.165) is 31.1 Å². The molecule has 7 nitrogen and oxygen atoms in total. The van der Waals surface area contributed by atoms with Gasteiger partial charge < -0.3 is 14.5 Å². The highest BCUT2D eigenvalue weighted by atomic mass is 32.2. The maximum absolute atomic E-state index is 11.7. The van der Waals surface area contributed by atoms with Crippen LogP contribution >= 0.6 is 0 Å². The van der Waals surface area contributed by atoms with Crippen LogP contribution in [0.1, 0.15) is 57.6 Å². The first-order valence-electron chi connectivity index (χ1n) is 13.4. The Hall–Kier alpha value is -2.93. The van der Waals surface area contributed by atoms with Gasteiger partial charge in [-0.15, -0.1) is 6.42 Å². The second-order valence-electron chi connectivity index (χ2n) is 12.0. The van der Waals surface area contributed by atoms with Crippen LogP contribution in [0.4, 0.5) is 11.6 Å². The molecule has 3 aromatic rings. The lowest BCUT2D eigenvalue weighted by Gasteiger charge is -2.41. The normalized spacial score (nSPS) is 18.5. The van der Waals surface area contributed by atoms with E-state index in [1.165, 1.54) is 6.26 Å². The van der Waals surface area contributed by atoms with E-state index in [4.69, 9.17) is 20.6 Å². The van der Waals surface area contributed by atoms with Crippen molar-refractivity contribution >= 4 is 40.7 Å². The number of rotatable bonds is 8. The van der Waals surface area contributed by atoms with Crippen LogP contribution in [-0.4, -0.2) is 45.2 Å². The lowest BCUT2D eigenvalue weighted by Crippen LogP contribution is -2.45.